The Balaban J connectivity index is 3.33. The second kappa shape index (κ2) is 4.17. The van der Waals surface area contributed by atoms with Gasteiger partial charge in [-0.3, -0.25) is 4.79 Å². The van der Waals surface area contributed by atoms with Crippen LogP contribution in [-0.2, 0) is 0 Å². The van der Waals surface area contributed by atoms with Crippen molar-refractivity contribution in [2.24, 2.45) is 5.92 Å². The third kappa shape index (κ3) is 2.00. The summed E-state index contributed by atoms with van der Waals surface area (Å²) in [5, 5.41) is 0. The molecular weight excluding hydrogens is 254 g/mol. The average Bonchev–Trinajstić information content (AvgIpc) is 2.12. The highest BCUT2D eigenvalue weighted by Gasteiger charge is 2.21. The van der Waals surface area contributed by atoms with Crippen LogP contribution in [0.15, 0.2) is 16.6 Å². The average molecular weight is 263 g/mol. The first-order valence-corrected chi connectivity index (χ1v) is 4.92. The second-order valence-corrected chi connectivity index (χ2v) is 4.09. The zero-order chi connectivity index (χ0) is 10.9. The molecule has 76 valence electrons. The quantitative estimate of drug-likeness (QED) is 0.589. The van der Waals surface area contributed by atoms with Gasteiger partial charge in [-0.15, -0.1) is 0 Å². The Morgan fingerprint density at radius 1 is 1.36 bits per heavy atom. The van der Waals surface area contributed by atoms with E-state index in [1.165, 1.54) is 6.07 Å². The highest BCUT2D eigenvalue weighted by atomic mass is 79.9. The molecule has 0 atom stereocenters. The molecule has 0 heterocycles. The molecule has 0 saturated heterocycles. The van der Waals surface area contributed by atoms with Crippen LogP contribution in [0, 0.1) is 17.6 Å². The van der Waals surface area contributed by atoms with E-state index in [0.717, 1.165) is 6.07 Å². The molecule has 0 bridgehead atoms. The minimum absolute atomic E-state index is 0.0999. The molecule has 0 aliphatic heterocycles. The molecule has 0 radical (unpaired) electrons. The number of carbonyl (C=O) groups is 1. The topological polar surface area (TPSA) is 17.1 Å². The zero-order valence-electron chi connectivity index (χ0n) is 7.77. The van der Waals surface area contributed by atoms with E-state index >= 15 is 0 Å². The predicted octanol–water partition coefficient (Wildman–Crippen LogP) is 3.57. The van der Waals surface area contributed by atoms with Crippen LogP contribution in [0.25, 0.3) is 0 Å². The standard InChI is InChI=1S/C10H9BrF2O/c1-5(2)10(14)8-7(12)4-3-6(11)9(8)13/h3-5H,1-2H3. The summed E-state index contributed by atoms with van der Waals surface area (Å²) < 4.78 is 26.6. The molecule has 0 spiro atoms. The fourth-order valence-corrected chi connectivity index (χ4v) is 1.37. The van der Waals surface area contributed by atoms with Gasteiger partial charge in [-0.2, -0.15) is 0 Å². The Labute approximate surface area is 89.3 Å². The van der Waals surface area contributed by atoms with Crippen molar-refractivity contribution in [1.29, 1.82) is 0 Å². The maximum Gasteiger partial charge on any atom is 0.171 e. The first kappa shape index (κ1) is 11.3. The number of ketones is 1. The predicted molar refractivity (Wildman–Crippen MR) is 53.2 cm³/mol. The summed E-state index contributed by atoms with van der Waals surface area (Å²) in [6.07, 6.45) is 0. The van der Waals surface area contributed by atoms with E-state index in [-0.39, 0.29) is 4.47 Å². The fraction of sp³-hybridized carbons (Fsp3) is 0.300. The van der Waals surface area contributed by atoms with Gasteiger partial charge in [0.25, 0.3) is 0 Å². The van der Waals surface area contributed by atoms with E-state index in [0.29, 0.717) is 0 Å². The minimum atomic E-state index is -0.830. The highest BCUT2D eigenvalue weighted by Crippen LogP contribution is 2.23. The largest absolute Gasteiger partial charge is 0.294 e. The molecule has 0 aliphatic rings. The molecule has 0 N–H and O–H groups in total. The molecule has 0 aliphatic carbocycles. The van der Waals surface area contributed by atoms with E-state index < -0.39 is 28.9 Å². The molecule has 1 nitrogen and oxygen atoms in total. The lowest BCUT2D eigenvalue weighted by Crippen LogP contribution is -2.12. The van der Waals surface area contributed by atoms with Gasteiger partial charge >= 0.3 is 0 Å². The fourth-order valence-electron chi connectivity index (χ4n) is 1.04. The van der Waals surface area contributed by atoms with Gasteiger partial charge in [0.2, 0.25) is 0 Å². The van der Waals surface area contributed by atoms with Crippen LogP contribution in [-0.4, -0.2) is 5.78 Å². The van der Waals surface area contributed by atoms with Gasteiger partial charge in [0.1, 0.15) is 5.82 Å². The maximum atomic E-state index is 13.4. The van der Waals surface area contributed by atoms with Crippen molar-refractivity contribution in [2.45, 2.75) is 13.8 Å². The van der Waals surface area contributed by atoms with Gasteiger partial charge in [-0.1, -0.05) is 13.8 Å². The highest BCUT2D eigenvalue weighted by molar-refractivity contribution is 9.10. The molecule has 14 heavy (non-hydrogen) atoms. The van der Waals surface area contributed by atoms with E-state index in [1.807, 2.05) is 0 Å². The maximum absolute atomic E-state index is 13.4. The smallest absolute Gasteiger partial charge is 0.171 e. The van der Waals surface area contributed by atoms with E-state index in [4.69, 9.17) is 0 Å². The van der Waals surface area contributed by atoms with Gasteiger partial charge in [-0.05, 0) is 28.1 Å². The van der Waals surface area contributed by atoms with Gasteiger partial charge < -0.3 is 0 Å². The van der Waals surface area contributed by atoms with Crippen LogP contribution in [0.1, 0.15) is 24.2 Å². The van der Waals surface area contributed by atoms with Crippen molar-refractivity contribution in [3.8, 4) is 0 Å². The van der Waals surface area contributed by atoms with Crippen molar-refractivity contribution in [1.82, 2.24) is 0 Å². The number of halogens is 3. The monoisotopic (exact) mass is 262 g/mol. The molecule has 0 aromatic heterocycles. The number of rotatable bonds is 2. The Bertz CT molecular complexity index is 375. The number of hydrogen-bond donors (Lipinski definition) is 0. The Kier molecular flexibility index (Phi) is 3.37. The Morgan fingerprint density at radius 3 is 2.43 bits per heavy atom. The lowest BCUT2D eigenvalue weighted by Gasteiger charge is -2.07. The van der Waals surface area contributed by atoms with E-state index in [1.54, 1.807) is 13.8 Å². The van der Waals surface area contributed by atoms with Crippen molar-refractivity contribution in [3.05, 3.63) is 33.8 Å². The van der Waals surface area contributed by atoms with Crippen LogP contribution in [0.4, 0.5) is 8.78 Å². The van der Waals surface area contributed by atoms with Crippen molar-refractivity contribution < 1.29 is 13.6 Å². The van der Waals surface area contributed by atoms with Crippen LogP contribution < -0.4 is 0 Å². The molecule has 1 aromatic carbocycles. The molecular formula is C10H9BrF2O. The summed E-state index contributed by atoms with van der Waals surface area (Å²) in [6, 6.07) is 2.31. The first-order valence-electron chi connectivity index (χ1n) is 4.13. The van der Waals surface area contributed by atoms with Gasteiger partial charge in [0.15, 0.2) is 11.6 Å². The third-order valence-corrected chi connectivity index (χ3v) is 2.43. The molecule has 1 aromatic rings. The number of Topliss-reactive ketones (excluding diaryl/α,β-unsaturated/α-hetero) is 1. The summed E-state index contributed by atoms with van der Waals surface area (Å²) in [5.41, 5.74) is -0.464. The van der Waals surface area contributed by atoms with Crippen molar-refractivity contribution in [3.63, 3.8) is 0 Å². The Morgan fingerprint density at radius 2 is 1.93 bits per heavy atom. The van der Waals surface area contributed by atoms with E-state index in [2.05, 4.69) is 15.9 Å². The molecule has 0 saturated carbocycles. The zero-order valence-corrected chi connectivity index (χ0v) is 9.36. The molecule has 4 heteroatoms. The second-order valence-electron chi connectivity index (χ2n) is 3.24. The lowest BCUT2D eigenvalue weighted by atomic mass is 10.0. The summed E-state index contributed by atoms with van der Waals surface area (Å²) in [4.78, 5) is 11.4. The summed E-state index contributed by atoms with van der Waals surface area (Å²) in [5.74, 6) is -2.59. The van der Waals surface area contributed by atoms with Crippen LogP contribution in [0.2, 0.25) is 0 Å². The van der Waals surface area contributed by atoms with E-state index in [9.17, 15) is 13.6 Å². The molecule has 0 fully saturated rings. The number of benzene rings is 1. The summed E-state index contributed by atoms with van der Waals surface area (Å²) in [7, 11) is 0. The number of hydrogen-bond acceptors (Lipinski definition) is 1. The molecule has 1 rings (SSSR count). The summed E-state index contributed by atoms with van der Waals surface area (Å²) in [6.45, 7) is 3.20. The normalized spacial score (nSPS) is 10.7. The van der Waals surface area contributed by atoms with Crippen molar-refractivity contribution >= 4 is 21.7 Å². The Hall–Kier alpha value is -0.770. The van der Waals surface area contributed by atoms with Gasteiger partial charge in [0.05, 0.1) is 10.0 Å². The van der Waals surface area contributed by atoms with Crippen LogP contribution in [0.3, 0.4) is 0 Å². The third-order valence-electron chi connectivity index (χ3n) is 1.81. The van der Waals surface area contributed by atoms with Gasteiger partial charge in [0, 0.05) is 5.92 Å². The minimum Gasteiger partial charge on any atom is -0.294 e. The lowest BCUT2D eigenvalue weighted by molar-refractivity contribution is 0.0930. The van der Waals surface area contributed by atoms with Gasteiger partial charge in [-0.25, -0.2) is 8.78 Å². The summed E-state index contributed by atoms with van der Waals surface area (Å²) >= 11 is 2.90. The van der Waals surface area contributed by atoms with Crippen LogP contribution in [0.5, 0.6) is 0 Å². The van der Waals surface area contributed by atoms with Crippen LogP contribution >= 0.6 is 15.9 Å². The molecule has 0 unspecified atom stereocenters. The SMILES string of the molecule is CC(C)C(=O)c1c(F)ccc(Br)c1F. The first-order chi connectivity index (χ1) is 6.45. The van der Waals surface area contributed by atoms with Crippen molar-refractivity contribution in [2.75, 3.05) is 0 Å². The number of carbonyl (C=O) groups excluding carboxylic acids is 1. The molecule has 0 amide bonds.